The Bertz CT molecular complexity index is 428. The first kappa shape index (κ1) is 16.1. The minimum absolute atomic E-state index is 0.191. The molecule has 0 aliphatic carbocycles. The number of amides is 2. The van der Waals surface area contributed by atoms with E-state index in [9.17, 15) is 9.59 Å². The van der Waals surface area contributed by atoms with Crippen LogP contribution in [0.15, 0.2) is 22.8 Å². The predicted molar refractivity (Wildman–Crippen MR) is 74.2 cm³/mol. The Balaban J connectivity index is 2.63. The first-order valence-electron chi connectivity index (χ1n) is 6.74. The predicted octanol–water partition coefficient (Wildman–Crippen LogP) is 2.31. The van der Waals surface area contributed by atoms with Crippen molar-refractivity contribution in [1.82, 2.24) is 10.2 Å². The zero-order chi connectivity index (χ0) is 15.1. The molecular formula is C14H22N2O4. The molecule has 0 spiro atoms. The highest BCUT2D eigenvalue weighted by molar-refractivity contribution is 5.82. The average molecular weight is 282 g/mol. The molecule has 0 radical (unpaired) electrons. The molecule has 20 heavy (non-hydrogen) atoms. The summed E-state index contributed by atoms with van der Waals surface area (Å²) in [6.45, 7) is 6.47. The summed E-state index contributed by atoms with van der Waals surface area (Å²) in [4.78, 5) is 24.8. The molecule has 0 bridgehead atoms. The molecule has 0 aliphatic heterocycles. The number of hydrogen-bond acceptors (Lipinski definition) is 3. The van der Waals surface area contributed by atoms with Crippen molar-refractivity contribution in [2.24, 2.45) is 5.92 Å². The number of rotatable bonds is 7. The molecule has 0 aliphatic rings. The van der Waals surface area contributed by atoms with Crippen LogP contribution in [0.4, 0.5) is 4.79 Å². The number of carboxylic acids is 1. The number of urea groups is 1. The van der Waals surface area contributed by atoms with Crippen LogP contribution in [0.2, 0.25) is 0 Å². The van der Waals surface area contributed by atoms with Gasteiger partial charge in [0.1, 0.15) is 11.8 Å². The number of aliphatic carboxylic acids is 1. The zero-order valence-corrected chi connectivity index (χ0v) is 12.1. The quantitative estimate of drug-likeness (QED) is 0.804. The Kier molecular flexibility index (Phi) is 6.09. The summed E-state index contributed by atoms with van der Waals surface area (Å²) in [7, 11) is 0. The van der Waals surface area contributed by atoms with Crippen molar-refractivity contribution in [3.8, 4) is 0 Å². The van der Waals surface area contributed by atoms with E-state index in [0.717, 1.165) is 0 Å². The standard InChI is InChI=1S/C14H22N2O4/c1-4-16(9-11-6-5-7-20-11)14(19)15-12(13(17)18)8-10(2)3/h5-7,10,12H,4,8-9H2,1-3H3,(H,15,19)(H,17,18)/t12-/m1/s1. The first-order chi connectivity index (χ1) is 9.43. The molecule has 1 heterocycles. The van der Waals surface area contributed by atoms with E-state index in [1.165, 1.54) is 4.90 Å². The smallest absolute Gasteiger partial charge is 0.326 e. The summed E-state index contributed by atoms with van der Waals surface area (Å²) in [5.74, 6) is -0.157. The Morgan fingerprint density at radius 1 is 1.45 bits per heavy atom. The van der Waals surface area contributed by atoms with Gasteiger partial charge in [0.25, 0.3) is 0 Å². The molecular weight excluding hydrogens is 260 g/mol. The summed E-state index contributed by atoms with van der Waals surface area (Å²) in [5, 5.41) is 11.7. The van der Waals surface area contributed by atoms with Gasteiger partial charge in [-0.15, -0.1) is 0 Å². The summed E-state index contributed by atoms with van der Waals surface area (Å²) < 4.78 is 5.19. The SMILES string of the molecule is CCN(Cc1ccco1)C(=O)N[C@H](CC(C)C)C(=O)O. The molecule has 0 saturated carbocycles. The van der Waals surface area contributed by atoms with Crippen molar-refractivity contribution < 1.29 is 19.1 Å². The van der Waals surface area contributed by atoms with Crippen LogP contribution in [0.25, 0.3) is 0 Å². The third-order valence-electron chi connectivity index (χ3n) is 2.90. The molecule has 6 heteroatoms. The van der Waals surface area contributed by atoms with Crippen molar-refractivity contribution in [3.63, 3.8) is 0 Å². The number of furan rings is 1. The molecule has 1 atom stereocenters. The number of nitrogens with zero attached hydrogens (tertiary/aromatic N) is 1. The van der Waals surface area contributed by atoms with E-state index < -0.39 is 18.0 Å². The van der Waals surface area contributed by atoms with Crippen LogP contribution in [0.3, 0.4) is 0 Å². The second kappa shape index (κ2) is 7.57. The summed E-state index contributed by atoms with van der Waals surface area (Å²) >= 11 is 0. The molecule has 1 aromatic rings. The van der Waals surface area contributed by atoms with Gasteiger partial charge in [0.15, 0.2) is 0 Å². The molecule has 1 aromatic heterocycles. The highest BCUT2D eigenvalue weighted by Gasteiger charge is 2.23. The topological polar surface area (TPSA) is 82.8 Å². The lowest BCUT2D eigenvalue weighted by molar-refractivity contribution is -0.139. The van der Waals surface area contributed by atoms with Gasteiger partial charge in [-0.3, -0.25) is 0 Å². The Hall–Kier alpha value is -1.98. The number of carbonyl (C=O) groups excluding carboxylic acids is 1. The fourth-order valence-corrected chi connectivity index (χ4v) is 1.85. The van der Waals surface area contributed by atoms with E-state index >= 15 is 0 Å². The lowest BCUT2D eigenvalue weighted by Crippen LogP contribution is -2.48. The molecule has 0 unspecified atom stereocenters. The average Bonchev–Trinajstić information content (AvgIpc) is 2.87. The third-order valence-corrected chi connectivity index (χ3v) is 2.90. The van der Waals surface area contributed by atoms with Crippen molar-refractivity contribution >= 4 is 12.0 Å². The molecule has 2 N–H and O–H groups in total. The maximum atomic E-state index is 12.1. The van der Waals surface area contributed by atoms with Gasteiger partial charge in [-0.2, -0.15) is 0 Å². The third kappa shape index (κ3) is 4.95. The summed E-state index contributed by atoms with van der Waals surface area (Å²) in [6, 6.07) is 2.27. The monoisotopic (exact) mass is 282 g/mol. The van der Waals surface area contributed by atoms with E-state index in [0.29, 0.717) is 25.3 Å². The molecule has 0 aromatic carbocycles. The minimum atomic E-state index is -1.01. The van der Waals surface area contributed by atoms with Gasteiger partial charge in [-0.05, 0) is 31.4 Å². The Morgan fingerprint density at radius 3 is 2.60 bits per heavy atom. The van der Waals surface area contributed by atoms with Crippen LogP contribution >= 0.6 is 0 Å². The highest BCUT2D eigenvalue weighted by Crippen LogP contribution is 2.08. The lowest BCUT2D eigenvalue weighted by Gasteiger charge is -2.23. The van der Waals surface area contributed by atoms with E-state index in [1.807, 2.05) is 20.8 Å². The molecule has 6 nitrogen and oxygen atoms in total. The largest absolute Gasteiger partial charge is 0.480 e. The van der Waals surface area contributed by atoms with E-state index in [4.69, 9.17) is 9.52 Å². The van der Waals surface area contributed by atoms with Crippen molar-refractivity contribution in [2.75, 3.05) is 6.54 Å². The van der Waals surface area contributed by atoms with Gasteiger partial charge in [-0.1, -0.05) is 13.8 Å². The number of nitrogens with one attached hydrogen (secondary N) is 1. The van der Waals surface area contributed by atoms with Gasteiger partial charge in [0.2, 0.25) is 0 Å². The van der Waals surface area contributed by atoms with Crippen molar-refractivity contribution in [2.45, 2.75) is 39.8 Å². The zero-order valence-electron chi connectivity index (χ0n) is 12.1. The second-order valence-corrected chi connectivity index (χ2v) is 5.06. The van der Waals surface area contributed by atoms with E-state index in [2.05, 4.69) is 5.32 Å². The molecule has 0 fully saturated rings. The Labute approximate surface area is 118 Å². The molecule has 2 amide bonds. The van der Waals surface area contributed by atoms with Gasteiger partial charge < -0.3 is 19.7 Å². The van der Waals surface area contributed by atoms with Gasteiger partial charge in [0, 0.05) is 6.54 Å². The van der Waals surface area contributed by atoms with Crippen LogP contribution < -0.4 is 5.32 Å². The number of hydrogen-bond donors (Lipinski definition) is 2. The lowest BCUT2D eigenvalue weighted by atomic mass is 10.0. The second-order valence-electron chi connectivity index (χ2n) is 5.06. The maximum Gasteiger partial charge on any atom is 0.326 e. The van der Waals surface area contributed by atoms with Crippen molar-refractivity contribution in [3.05, 3.63) is 24.2 Å². The van der Waals surface area contributed by atoms with Crippen LogP contribution in [0.1, 0.15) is 33.0 Å². The van der Waals surface area contributed by atoms with E-state index in [1.54, 1.807) is 18.4 Å². The summed E-state index contributed by atoms with van der Waals surface area (Å²) in [6.07, 6.45) is 1.94. The van der Waals surface area contributed by atoms with Gasteiger partial charge in [-0.25, -0.2) is 9.59 Å². The van der Waals surface area contributed by atoms with Crippen molar-refractivity contribution in [1.29, 1.82) is 0 Å². The molecule has 0 saturated heterocycles. The maximum absolute atomic E-state index is 12.1. The van der Waals surface area contributed by atoms with Gasteiger partial charge in [0.05, 0.1) is 12.8 Å². The summed E-state index contributed by atoms with van der Waals surface area (Å²) in [5.41, 5.74) is 0. The number of carboxylic acid groups (broad SMARTS) is 1. The number of carbonyl (C=O) groups is 2. The molecule has 1 rings (SSSR count). The first-order valence-corrected chi connectivity index (χ1v) is 6.74. The van der Waals surface area contributed by atoms with Crippen LogP contribution in [0, 0.1) is 5.92 Å². The van der Waals surface area contributed by atoms with Gasteiger partial charge >= 0.3 is 12.0 Å². The Morgan fingerprint density at radius 2 is 2.15 bits per heavy atom. The normalized spacial score (nSPS) is 12.2. The minimum Gasteiger partial charge on any atom is -0.480 e. The van der Waals surface area contributed by atoms with Crippen LogP contribution in [0.5, 0.6) is 0 Å². The van der Waals surface area contributed by atoms with Crippen LogP contribution in [-0.2, 0) is 11.3 Å². The fraction of sp³-hybridized carbons (Fsp3) is 0.571. The van der Waals surface area contributed by atoms with E-state index in [-0.39, 0.29) is 5.92 Å². The highest BCUT2D eigenvalue weighted by atomic mass is 16.4. The van der Waals surface area contributed by atoms with Crippen LogP contribution in [-0.4, -0.2) is 34.6 Å². The molecule has 112 valence electrons. The fourth-order valence-electron chi connectivity index (χ4n) is 1.85.